The molecular weight excluding hydrogens is 298 g/mol. The molecule has 0 aromatic carbocycles. The average molecular weight is 319 g/mol. The van der Waals surface area contributed by atoms with Crippen LogP contribution in [-0.4, -0.2) is 18.5 Å². The van der Waals surface area contributed by atoms with Crippen molar-refractivity contribution >= 4 is 28.2 Å². The average Bonchev–Trinajstić information content (AvgIpc) is 3.15. The Labute approximate surface area is 134 Å². The summed E-state index contributed by atoms with van der Waals surface area (Å²) < 4.78 is 5.12. The lowest BCUT2D eigenvalue weighted by molar-refractivity contribution is -0.120. The Morgan fingerprint density at radius 1 is 1.32 bits per heavy atom. The third-order valence-electron chi connectivity index (χ3n) is 4.72. The van der Waals surface area contributed by atoms with E-state index in [2.05, 4.69) is 17.5 Å². The van der Waals surface area contributed by atoms with E-state index in [9.17, 15) is 9.59 Å². The van der Waals surface area contributed by atoms with Crippen molar-refractivity contribution < 1.29 is 14.3 Å². The molecule has 1 fully saturated rings. The number of thiophene rings is 1. The molecule has 4 nitrogen and oxygen atoms in total. The van der Waals surface area contributed by atoms with Gasteiger partial charge in [-0.1, -0.05) is 12.2 Å². The van der Waals surface area contributed by atoms with Gasteiger partial charge in [-0.2, -0.15) is 0 Å². The summed E-state index contributed by atoms with van der Waals surface area (Å²) in [5.41, 5.74) is 1.41. The van der Waals surface area contributed by atoms with Crippen molar-refractivity contribution in [3.05, 3.63) is 28.2 Å². The summed E-state index contributed by atoms with van der Waals surface area (Å²) >= 11 is 1.45. The number of anilines is 1. The quantitative estimate of drug-likeness (QED) is 0.680. The molecule has 1 N–H and O–H groups in total. The van der Waals surface area contributed by atoms with Gasteiger partial charge in [0.05, 0.1) is 12.2 Å². The Kier molecular flexibility index (Phi) is 4.08. The van der Waals surface area contributed by atoms with Gasteiger partial charge >= 0.3 is 5.97 Å². The molecule has 1 heterocycles. The van der Waals surface area contributed by atoms with Crippen LogP contribution < -0.4 is 5.32 Å². The summed E-state index contributed by atoms with van der Waals surface area (Å²) in [5.74, 6) is 0.624. The van der Waals surface area contributed by atoms with E-state index in [1.165, 1.54) is 11.3 Å². The van der Waals surface area contributed by atoms with E-state index >= 15 is 0 Å². The third kappa shape index (κ3) is 2.58. The minimum atomic E-state index is -0.354. The van der Waals surface area contributed by atoms with Crippen LogP contribution in [0.1, 0.15) is 40.6 Å². The molecule has 2 aliphatic carbocycles. The number of fused-ring (bicyclic) bond motifs is 2. The molecule has 3 rings (SSSR count). The fourth-order valence-electron chi connectivity index (χ4n) is 3.45. The Hall–Kier alpha value is -1.62. The maximum atomic E-state index is 12.6. The van der Waals surface area contributed by atoms with Gasteiger partial charge in [0.25, 0.3) is 0 Å². The number of hydrogen-bond donors (Lipinski definition) is 1. The first-order valence-corrected chi connectivity index (χ1v) is 8.59. The van der Waals surface area contributed by atoms with Gasteiger partial charge in [0.2, 0.25) is 5.91 Å². The van der Waals surface area contributed by atoms with Crippen LogP contribution in [0.4, 0.5) is 5.00 Å². The Morgan fingerprint density at radius 2 is 2.09 bits per heavy atom. The monoisotopic (exact) mass is 319 g/mol. The highest BCUT2D eigenvalue weighted by atomic mass is 32.1. The lowest BCUT2D eigenvalue weighted by atomic mass is 9.93. The number of carbonyl (C=O) groups excluding carboxylic acids is 2. The molecule has 5 heteroatoms. The highest BCUT2D eigenvalue weighted by molar-refractivity contribution is 7.16. The lowest BCUT2D eigenvalue weighted by Crippen LogP contribution is -2.26. The topological polar surface area (TPSA) is 55.4 Å². The Balaban J connectivity index is 1.80. The molecule has 2 aliphatic rings. The summed E-state index contributed by atoms with van der Waals surface area (Å²) in [6.07, 6.45) is 6.39. The normalized spacial score (nSPS) is 25.5. The zero-order valence-electron chi connectivity index (χ0n) is 13.1. The van der Waals surface area contributed by atoms with Crippen LogP contribution in [0.2, 0.25) is 0 Å². The summed E-state index contributed by atoms with van der Waals surface area (Å²) in [4.78, 5) is 25.8. The van der Waals surface area contributed by atoms with E-state index in [0.29, 0.717) is 29.0 Å². The number of ether oxygens (including phenoxy) is 1. The van der Waals surface area contributed by atoms with Crippen molar-refractivity contribution in [2.45, 2.75) is 33.6 Å². The summed E-state index contributed by atoms with van der Waals surface area (Å²) in [6, 6.07) is 0. The van der Waals surface area contributed by atoms with Crippen molar-refractivity contribution in [1.82, 2.24) is 0 Å². The van der Waals surface area contributed by atoms with Gasteiger partial charge in [-0.15, -0.1) is 11.3 Å². The second-order valence-corrected chi connectivity index (χ2v) is 7.31. The van der Waals surface area contributed by atoms with Crippen LogP contribution >= 0.6 is 11.3 Å². The first kappa shape index (κ1) is 15.3. The number of carbonyl (C=O) groups is 2. The number of allylic oxidation sites excluding steroid dienone is 2. The SMILES string of the molecule is CCOC(=O)c1c(NC(=O)[C@@H]2C[C@@H]3C=C[C@H]2C3)sc(C)c1C. The van der Waals surface area contributed by atoms with Gasteiger partial charge in [-0.05, 0) is 51.0 Å². The molecule has 1 aromatic heterocycles. The predicted octanol–water partition coefficient (Wildman–Crippen LogP) is 3.69. The van der Waals surface area contributed by atoms with Gasteiger partial charge in [0, 0.05) is 10.8 Å². The highest BCUT2D eigenvalue weighted by Crippen LogP contribution is 2.44. The van der Waals surface area contributed by atoms with E-state index in [1.54, 1.807) is 6.92 Å². The number of nitrogens with one attached hydrogen (secondary N) is 1. The number of esters is 1. The predicted molar refractivity (Wildman–Crippen MR) is 87.2 cm³/mol. The summed E-state index contributed by atoms with van der Waals surface area (Å²) in [5, 5.41) is 3.61. The Morgan fingerprint density at radius 3 is 2.68 bits per heavy atom. The van der Waals surface area contributed by atoms with Gasteiger partial charge in [0.1, 0.15) is 5.00 Å². The van der Waals surface area contributed by atoms with Crippen LogP contribution in [0.3, 0.4) is 0 Å². The summed E-state index contributed by atoms with van der Waals surface area (Å²) in [6.45, 7) is 5.97. The first-order chi connectivity index (χ1) is 10.5. The molecule has 0 saturated heterocycles. The van der Waals surface area contributed by atoms with Gasteiger partial charge in [0.15, 0.2) is 0 Å². The zero-order valence-corrected chi connectivity index (χ0v) is 14.0. The van der Waals surface area contributed by atoms with E-state index in [4.69, 9.17) is 4.74 Å². The van der Waals surface area contributed by atoms with Crippen LogP contribution in [0, 0.1) is 31.6 Å². The maximum absolute atomic E-state index is 12.6. The summed E-state index contributed by atoms with van der Waals surface area (Å²) in [7, 11) is 0. The molecule has 0 aliphatic heterocycles. The highest BCUT2D eigenvalue weighted by Gasteiger charge is 2.40. The number of rotatable bonds is 4. The molecule has 0 spiro atoms. The number of hydrogen-bond acceptors (Lipinski definition) is 4. The number of aryl methyl sites for hydroxylation is 1. The van der Waals surface area contributed by atoms with Crippen molar-refractivity contribution in [1.29, 1.82) is 0 Å². The molecule has 1 saturated carbocycles. The van der Waals surface area contributed by atoms with E-state index in [0.717, 1.165) is 23.3 Å². The van der Waals surface area contributed by atoms with Crippen molar-refractivity contribution in [2.24, 2.45) is 17.8 Å². The van der Waals surface area contributed by atoms with Gasteiger partial charge < -0.3 is 10.1 Å². The second kappa shape index (κ2) is 5.88. The molecule has 118 valence electrons. The molecule has 2 bridgehead atoms. The minimum absolute atomic E-state index is 0.0312. The largest absolute Gasteiger partial charge is 0.462 e. The smallest absolute Gasteiger partial charge is 0.341 e. The van der Waals surface area contributed by atoms with Crippen LogP contribution in [0.25, 0.3) is 0 Å². The van der Waals surface area contributed by atoms with Gasteiger partial charge in [-0.3, -0.25) is 4.79 Å². The molecule has 0 unspecified atom stereocenters. The molecule has 1 aromatic rings. The fourth-order valence-corrected chi connectivity index (χ4v) is 4.50. The number of amides is 1. The molecule has 3 atom stereocenters. The zero-order chi connectivity index (χ0) is 15.9. The van der Waals surface area contributed by atoms with Crippen molar-refractivity contribution in [2.75, 3.05) is 11.9 Å². The molecule has 0 radical (unpaired) electrons. The second-order valence-electron chi connectivity index (χ2n) is 6.08. The minimum Gasteiger partial charge on any atom is -0.462 e. The molecular formula is C17H21NO3S. The Bertz CT molecular complexity index is 647. The third-order valence-corrected chi connectivity index (χ3v) is 5.84. The van der Waals surface area contributed by atoms with Crippen molar-refractivity contribution in [3.8, 4) is 0 Å². The molecule has 1 amide bonds. The van der Waals surface area contributed by atoms with Crippen molar-refractivity contribution in [3.63, 3.8) is 0 Å². The first-order valence-electron chi connectivity index (χ1n) is 7.77. The van der Waals surface area contributed by atoms with E-state index in [-0.39, 0.29) is 17.8 Å². The van der Waals surface area contributed by atoms with E-state index in [1.807, 2.05) is 13.8 Å². The van der Waals surface area contributed by atoms with E-state index < -0.39 is 0 Å². The molecule has 22 heavy (non-hydrogen) atoms. The fraction of sp³-hybridized carbons (Fsp3) is 0.529. The maximum Gasteiger partial charge on any atom is 0.341 e. The van der Waals surface area contributed by atoms with Crippen LogP contribution in [-0.2, 0) is 9.53 Å². The lowest BCUT2D eigenvalue weighted by Gasteiger charge is -2.17. The van der Waals surface area contributed by atoms with Gasteiger partial charge in [-0.25, -0.2) is 4.79 Å². The van der Waals surface area contributed by atoms with Crippen LogP contribution in [0.5, 0.6) is 0 Å². The van der Waals surface area contributed by atoms with Crippen LogP contribution in [0.15, 0.2) is 12.2 Å². The standard InChI is InChI=1S/C17H21NO3S/c1-4-21-17(20)14-9(2)10(3)22-16(14)18-15(19)13-8-11-5-6-12(13)7-11/h5-6,11-13H,4,7-8H2,1-3H3,(H,18,19)/t11-,12+,13-/m1/s1.